The molecule has 0 aromatic heterocycles. The van der Waals surface area contributed by atoms with E-state index in [1.807, 2.05) is 31.2 Å². The fourth-order valence-electron chi connectivity index (χ4n) is 2.17. The molecule has 1 N–H and O–H groups in total. The van der Waals surface area contributed by atoms with E-state index in [0.29, 0.717) is 6.42 Å². The summed E-state index contributed by atoms with van der Waals surface area (Å²) in [6.07, 6.45) is 3.40. The number of hydrogen-bond acceptors (Lipinski definition) is 1. The average molecular weight is 204 g/mol. The molecule has 0 heterocycles. The number of rotatable bonds is 3. The van der Waals surface area contributed by atoms with Crippen LogP contribution in [0.4, 0.5) is 0 Å². The van der Waals surface area contributed by atoms with E-state index in [1.54, 1.807) is 0 Å². The van der Waals surface area contributed by atoms with Crippen molar-refractivity contribution in [2.75, 3.05) is 0 Å². The molecule has 0 atom stereocenters. The van der Waals surface area contributed by atoms with Gasteiger partial charge >= 0.3 is 5.97 Å². The standard InChI is InChI=1S/C13H16O2/c1-10-3-5-11(6-4-10)9-13(12(14)15)7-2-8-13/h3-6H,2,7-9H2,1H3,(H,14,15). The number of aliphatic carboxylic acids is 1. The number of carbonyl (C=O) groups is 1. The van der Waals surface area contributed by atoms with E-state index in [9.17, 15) is 9.90 Å². The quantitative estimate of drug-likeness (QED) is 0.822. The average Bonchev–Trinajstić information content (AvgIpc) is 2.13. The van der Waals surface area contributed by atoms with Gasteiger partial charge in [-0.1, -0.05) is 36.2 Å². The Morgan fingerprint density at radius 2 is 1.93 bits per heavy atom. The highest BCUT2D eigenvalue weighted by molar-refractivity contribution is 5.76. The van der Waals surface area contributed by atoms with Crippen molar-refractivity contribution in [2.24, 2.45) is 5.41 Å². The molecule has 2 heteroatoms. The van der Waals surface area contributed by atoms with Crippen LogP contribution < -0.4 is 0 Å². The molecule has 1 aliphatic carbocycles. The van der Waals surface area contributed by atoms with Crippen molar-refractivity contribution in [3.8, 4) is 0 Å². The number of carboxylic acids is 1. The third-order valence-corrected chi connectivity index (χ3v) is 3.43. The van der Waals surface area contributed by atoms with Crippen LogP contribution in [0.5, 0.6) is 0 Å². The molecule has 1 aliphatic rings. The number of aryl methyl sites for hydroxylation is 1. The van der Waals surface area contributed by atoms with Gasteiger partial charge in [0.15, 0.2) is 0 Å². The van der Waals surface area contributed by atoms with Gasteiger partial charge in [0.1, 0.15) is 0 Å². The third kappa shape index (κ3) is 1.89. The molecular formula is C13H16O2. The van der Waals surface area contributed by atoms with Crippen molar-refractivity contribution in [3.63, 3.8) is 0 Å². The first-order valence-corrected chi connectivity index (χ1v) is 5.41. The number of hydrogen-bond donors (Lipinski definition) is 1. The van der Waals surface area contributed by atoms with Crippen LogP contribution in [0.2, 0.25) is 0 Å². The molecule has 1 aromatic carbocycles. The zero-order valence-electron chi connectivity index (χ0n) is 8.99. The lowest BCUT2D eigenvalue weighted by atomic mass is 9.65. The molecule has 0 unspecified atom stereocenters. The number of carboxylic acid groups (broad SMARTS) is 1. The third-order valence-electron chi connectivity index (χ3n) is 3.43. The Morgan fingerprint density at radius 1 is 1.33 bits per heavy atom. The van der Waals surface area contributed by atoms with Gasteiger partial charge in [0.05, 0.1) is 5.41 Å². The predicted octanol–water partition coefficient (Wildman–Crippen LogP) is 2.79. The smallest absolute Gasteiger partial charge is 0.309 e. The van der Waals surface area contributed by atoms with Crippen molar-refractivity contribution in [3.05, 3.63) is 35.4 Å². The van der Waals surface area contributed by atoms with Crippen LogP contribution in [0, 0.1) is 12.3 Å². The lowest BCUT2D eigenvalue weighted by Gasteiger charge is -2.37. The van der Waals surface area contributed by atoms with Gasteiger partial charge in [-0.3, -0.25) is 4.79 Å². The van der Waals surface area contributed by atoms with Gasteiger partial charge in [0.25, 0.3) is 0 Å². The second-order valence-electron chi connectivity index (χ2n) is 4.60. The van der Waals surface area contributed by atoms with Crippen LogP contribution in [0.3, 0.4) is 0 Å². The molecule has 0 amide bonds. The molecule has 2 rings (SSSR count). The van der Waals surface area contributed by atoms with E-state index in [1.165, 1.54) is 5.56 Å². The van der Waals surface area contributed by atoms with Crippen molar-refractivity contribution in [1.82, 2.24) is 0 Å². The van der Waals surface area contributed by atoms with E-state index in [-0.39, 0.29) is 0 Å². The minimum atomic E-state index is -0.630. The molecule has 0 bridgehead atoms. The van der Waals surface area contributed by atoms with Crippen LogP contribution in [-0.4, -0.2) is 11.1 Å². The van der Waals surface area contributed by atoms with Gasteiger partial charge in [-0.2, -0.15) is 0 Å². The topological polar surface area (TPSA) is 37.3 Å². The van der Waals surface area contributed by atoms with Crippen molar-refractivity contribution in [1.29, 1.82) is 0 Å². The second kappa shape index (κ2) is 3.69. The first-order chi connectivity index (χ1) is 7.12. The highest BCUT2D eigenvalue weighted by atomic mass is 16.4. The summed E-state index contributed by atoms with van der Waals surface area (Å²) >= 11 is 0. The summed E-state index contributed by atoms with van der Waals surface area (Å²) in [5.74, 6) is -0.630. The van der Waals surface area contributed by atoms with E-state index < -0.39 is 11.4 Å². The molecule has 15 heavy (non-hydrogen) atoms. The zero-order chi connectivity index (χ0) is 10.9. The van der Waals surface area contributed by atoms with Crippen LogP contribution in [0.15, 0.2) is 24.3 Å². The maximum absolute atomic E-state index is 11.2. The maximum Gasteiger partial charge on any atom is 0.309 e. The molecule has 0 radical (unpaired) electrons. The van der Waals surface area contributed by atoms with Gasteiger partial charge in [-0.25, -0.2) is 0 Å². The fraction of sp³-hybridized carbons (Fsp3) is 0.462. The molecule has 80 valence electrons. The van der Waals surface area contributed by atoms with Gasteiger partial charge in [-0.05, 0) is 31.7 Å². The molecule has 0 saturated heterocycles. The minimum Gasteiger partial charge on any atom is -0.481 e. The van der Waals surface area contributed by atoms with Crippen LogP contribution >= 0.6 is 0 Å². The maximum atomic E-state index is 11.2. The lowest BCUT2D eigenvalue weighted by Crippen LogP contribution is -2.39. The van der Waals surface area contributed by atoms with E-state index in [4.69, 9.17) is 0 Å². The largest absolute Gasteiger partial charge is 0.481 e. The van der Waals surface area contributed by atoms with E-state index >= 15 is 0 Å². The first kappa shape index (κ1) is 10.2. The summed E-state index contributed by atoms with van der Waals surface area (Å²) in [6.45, 7) is 2.04. The van der Waals surface area contributed by atoms with Gasteiger partial charge in [0, 0.05) is 0 Å². The second-order valence-corrected chi connectivity index (χ2v) is 4.60. The van der Waals surface area contributed by atoms with Crippen LogP contribution in [0.25, 0.3) is 0 Å². The number of benzene rings is 1. The Labute approximate surface area is 89.9 Å². The van der Waals surface area contributed by atoms with Crippen molar-refractivity contribution >= 4 is 5.97 Å². The SMILES string of the molecule is Cc1ccc(CC2(C(=O)O)CCC2)cc1. The molecule has 0 aliphatic heterocycles. The van der Waals surface area contributed by atoms with Crippen molar-refractivity contribution < 1.29 is 9.90 Å². The zero-order valence-corrected chi connectivity index (χ0v) is 8.99. The Kier molecular flexibility index (Phi) is 2.51. The Morgan fingerprint density at radius 3 is 2.33 bits per heavy atom. The normalized spacial score (nSPS) is 18.2. The van der Waals surface area contributed by atoms with E-state index in [2.05, 4.69) is 0 Å². The summed E-state index contributed by atoms with van der Waals surface area (Å²) in [4.78, 5) is 11.2. The molecular weight excluding hydrogens is 188 g/mol. The van der Waals surface area contributed by atoms with Crippen LogP contribution in [0.1, 0.15) is 30.4 Å². The summed E-state index contributed by atoms with van der Waals surface area (Å²) in [5, 5.41) is 9.20. The minimum absolute atomic E-state index is 0.463. The highest BCUT2D eigenvalue weighted by Crippen LogP contribution is 2.43. The summed E-state index contributed by atoms with van der Waals surface area (Å²) in [5.41, 5.74) is 1.90. The van der Waals surface area contributed by atoms with Gasteiger partial charge in [-0.15, -0.1) is 0 Å². The predicted molar refractivity (Wildman–Crippen MR) is 58.8 cm³/mol. The Hall–Kier alpha value is -1.31. The highest BCUT2D eigenvalue weighted by Gasteiger charge is 2.44. The Bertz CT molecular complexity index is 361. The summed E-state index contributed by atoms with van der Waals surface area (Å²) < 4.78 is 0. The first-order valence-electron chi connectivity index (χ1n) is 5.41. The molecule has 0 spiro atoms. The molecule has 1 aromatic rings. The van der Waals surface area contributed by atoms with Crippen LogP contribution in [-0.2, 0) is 11.2 Å². The molecule has 1 saturated carbocycles. The van der Waals surface area contributed by atoms with Gasteiger partial charge < -0.3 is 5.11 Å². The molecule has 1 fully saturated rings. The summed E-state index contributed by atoms with van der Waals surface area (Å²) in [7, 11) is 0. The monoisotopic (exact) mass is 204 g/mol. The summed E-state index contributed by atoms with van der Waals surface area (Å²) in [6, 6.07) is 8.17. The van der Waals surface area contributed by atoms with Gasteiger partial charge in [0.2, 0.25) is 0 Å². The molecule has 2 nitrogen and oxygen atoms in total. The van der Waals surface area contributed by atoms with E-state index in [0.717, 1.165) is 24.8 Å². The fourth-order valence-corrected chi connectivity index (χ4v) is 2.17. The van der Waals surface area contributed by atoms with Crippen molar-refractivity contribution in [2.45, 2.75) is 32.6 Å². The Balaban J connectivity index is 2.13. The lowest BCUT2D eigenvalue weighted by molar-refractivity contribution is -0.154.